The molecule has 0 spiro atoms. The van der Waals surface area contributed by atoms with E-state index in [0.717, 1.165) is 37.8 Å². The monoisotopic (exact) mass is 373 g/mol. The van der Waals surface area contributed by atoms with Crippen LogP contribution in [0.4, 0.5) is 0 Å². The lowest BCUT2D eigenvalue weighted by Gasteiger charge is -2.14. The molecular weight excluding hydrogens is 358 g/mol. The lowest BCUT2D eigenvalue weighted by Crippen LogP contribution is -2.21. The largest absolute Gasteiger partial charge is 0.488 e. The van der Waals surface area contributed by atoms with E-state index in [4.69, 9.17) is 22.1 Å². The van der Waals surface area contributed by atoms with E-state index in [1.165, 1.54) is 0 Å². The number of hydrogen-bond acceptors (Lipinski definition) is 3. The summed E-state index contributed by atoms with van der Waals surface area (Å²) in [7, 11) is 0. The Morgan fingerprint density at radius 3 is 2.80 bits per heavy atom. The molecule has 1 atom stereocenters. The van der Waals surface area contributed by atoms with Crippen molar-refractivity contribution in [2.75, 3.05) is 0 Å². The molecule has 2 nitrogen and oxygen atoms in total. The zero-order valence-electron chi connectivity index (χ0n) is 11.2. The van der Waals surface area contributed by atoms with Crippen LogP contribution in [-0.2, 0) is 13.0 Å². The number of thiophene rings is 1. The standard InChI is InChI=1S/C15H17BrClNOS/c1-2-12(18)8-10-7-11(16)3-5-14(10)19-9-13-4-6-15(17)20-13/h3-7,12H,2,8-9,18H2,1H3. The van der Waals surface area contributed by atoms with Crippen LogP contribution in [0.2, 0.25) is 4.34 Å². The molecule has 20 heavy (non-hydrogen) atoms. The van der Waals surface area contributed by atoms with E-state index in [2.05, 4.69) is 28.9 Å². The Hall–Kier alpha value is -0.550. The van der Waals surface area contributed by atoms with Crippen LogP contribution in [-0.4, -0.2) is 6.04 Å². The lowest BCUT2D eigenvalue weighted by molar-refractivity contribution is 0.305. The van der Waals surface area contributed by atoms with Crippen molar-refractivity contribution in [1.29, 1.82) is 0 Å². The van der Waals surface area contributed by atoms with Gasteiger partial charge in [0.05, 0.1) is 4.34 Å². The summed E-state index contributed by atoms with van der Waals surface area (Å²) in [6.45, 7) is 2.63. The molecule has 0 aliphatic carbocycles. The molecule has 0 radical (unpaired) electrons. The van der Waals surface area contributed by atoms with Crippen LogP contribution >= 0.6 is 38.9 Å². The minimum absolute atomic E-state index is 0.155. The zero-order valence-corrected chi connectivity index (χ0v) is 14.4. The SMILES string of the molecule is CCC(N)Cc1cc(Br)ccc1OCc1ccc(Cl)s1. The summed E-state index contributed by atoms with van der Waals surface area (Å²) in [6, 6.07) is 10.1. The number of ether oxygens (including phenoxy) is 1. The highest BCUT2D eigenvalue weighted by Crippen LogP contribution is 2.27. The average Bonchev–Trinajstić information content (AvgIpc) is 2.83. The third kappa shape index (κ3) is 4.48. The van der Waals surface area contributed by atoms with Crippen molar-refractivity contribution in [1.82, 2.24) is 0 Å². The topological polar surface area (TPSA) is 35.2 Å². The van der Waals surface area contributed by atoms with Crippen LogP contribution in [0.3, 0.4) is 0 Å². The maximum absolute atomic E-state index is 6.05. The van der Waals surface area contributed by atoms with Crippen LogP contribution in [0.1, 0.15) is 23.8 Å². The first-order valence-electron chi connectivity index (χ1n) is 6.49. The van der Waals surface area contributed by atoms with E-state index < -0.39 is 0 Å². The Labute approximate surface area is 137 Å². The Kier molecular flexibility index (Phi) is 5.90. The van der Waals surface area contributed by atoms with Crippen LogP contribution in [0, 0.1) is 0 Å². The van der Waals surface area contributed by atoms with Crippen LogP contribution < -0.4 is 10.5 Å². The second kappa shape index (κ2) is 7.46. The summed E-state index contributed by atoms with van der Waals surface area (Å²) in [5, 5.41) is 0. The fraction of sp³-hybridized carbons (Fsp3) is 0.333. The normalized spacial score (nSPS) is 12.4. The molecule has 1 heterocycles. The van der Waals surface area contributed by atoms with E-state index in [-0.39, 0.29) is 6.04 Å². The predicted molar refractivity (Wildman–Crippen MR) is 89.8 cm³/mol. The minimum Gasteiger partial charge on any atom is -0.488 e. The number of halogens is 2. The smallest absolute Gasteiger partial charge is 0.123 e. The van der Waals surface area contributed by atoms with E-state index in [9.17, 15) is 0 Å². The van der Waals surface area contributed by atoms with Crippen LogP contribution in [0.25, 0.3) is 0 Å². The summed E-state index contributed by atoms with van der Waals surface area (Å²) >= 11 is 11.0. The molecule has 5 heteroatoms. The molecule has 0 saturated heterocycles. The Balaban J connectivity index is 2.09. The summed E-state index contributed by atoms with van der Waals surface area (Å²) < 4.78 is 7.74. The first-order valence-corrected chi connectivity index (χ1v) is 8.48. The maximum Gasteiger partial charge on any atom is 0.123 e. The molecule has 0 aliphatic heterocycles. The second-order valence-electron chi connectivity index (χ2n) is 4.62. The molecule has 2 aromatic rings. The first-order chi connectivity index (χ1) is 9.58. The molecule has 1 aromatic carbocycles. The van der Waals surface area contributed by atoms with Gasteiger partial charge in [0.2, 0.25) is 0 Å². The number of hydrogen-bond donors (Lipinski definition) is 1. The van der Waals surface area contributed by atoms with E-state index in [1.54, 1.807) is 11.3 Å². The number of benzene rings is 1. The summed E-state index contributed by atoms with van der Waals surface area (Å²) in [4.78, 5) is 1.11. The van der Waals surface area contributed by atoms with Gasteiger partial charge in [0.15, 0.2) is 0 Å². The summed E-state index contributed by atoms with van der Waals surface area (Å²) in [5.74, 6) is 0.890. The highest BCUT2D eigenvalue weighted by molar-refractivity contribution is 9.10. The summed E-state index contributed by atoms with van der Waals surface area (Å²) in [5.41, 5.74) is 7.18. The summed E-state index contributed by atoms with van der Waals surface area (Å²) in [6.07, 6.45) is 1.77. The third-order valence-electron chi connectivity index (χ3n) is 3.03. The molecule has 1 unspecified atom stereocenters. The van der Waals surface area contributed by atoms with Gasteiger partial charge in [-0.3, -0.25) is 0 Å². The van der Waals surface area contributed by atoms with Crippen molar-refractivity contribution in [2.45, 2.75) is 32.4 Å². The molecular formula is C15H17BrClNOS. The van der Waals surface area contributed by atoms with Crippen LogP contribution in [0.5, 0.6) is 5.75 Å². The zero-order chi connectivity index (χ0) is 14.5. The van der Waals surface area contributed by atoms with Crippen LogP contribution in [0.15, 0.2) is 34.8 Å². The Morgan fingerprint density at radius 1 is 1.35 bits per heavy atom. The van der Waals surface area contributed by atoms with Gasteiger partial charge in [0.1, 0.15) is 12.4 Å². The molecule has 108 valence electrons. The van der Waals surface area contributed by atoms with Crippen molar-refractivity contribution in [3.63, 3.8) is 0 Å². The van der Waals surface area contributed by atoms with Gasteiger partial charge in [-0.25, -0.2) is 0 Å². The molecule has 0 amide bonds. The van der Waals surface area contributed by atoms with Gasteiger partial charge in [0.25, 0.3) is 0 Å². The van der Waals surface area contributed by atoms with Gasteiger partial charge >= 0.3 is 0 Å². The third-order valence-corrected chi connectivity index (χ3v) is 4.73. The Morgan fingerprint density at radius 2 is 2.15 bits per heavy atom. The molecule has 0 saturated carbocycles. The van der Waals surface area contributed by atoms with E-state index >= 15 is 0 Å². The fourth-order valence-corrected chi connectivity index (χ4v) is 3.26. The first kappa shape index (κ1) is 15.8. The predicted octanol–water partition coefficient (Wildman–Crippen LogP) is 5.02. The molecule has 0 fully saturated rings. The van der Waals surface area contributed by atoms with Crippen molar-refractivity contribution in [2.24, 2.45) is 5.73 Å². The fourth-order valence-electron chi connectivity index (χ4n) is 1.85. The van der Waals surface area contributed by atoms with Gasteiger partial charge in [-0.1, -0.05) is 34.5 Å². The van der Waals surface area contributed by atoms with Crippen molar-refractivity contribution in [3.05, 3.63) is 49.6 Å². The molecule has 2 N–H and O–H groups in total. The Bertz CT molecular complexity index is 573. The van der Waals surface area contributed by atoms with Gasteiger partial charge in [0, 0.05) is 15.4 Å². The number of rotatable bonds is 6. The number of nitrogens with two attached hydrogens (primary N) is 1. The van der Waals surface area contributed by atoms with Gasteiger partial charge in [-0.2, -0.15) is 0 Å². The highest BCUT2D eigenvalue weighted by Gasteiger charge is 2.09. The second-order valence-corrected chi connectivity index (χ2v) is 7.33. The quantitative estimate of drug-likeness (QED) is 0.770. The molecule has 0 bridgehead atoms. The van der Waals surface area contributed by atoms with E-state index in [1.807, 2.05) is 24.3 Å². The van der Waals surface area contributed by atoms with Crippen molar-refractivity contribution < 1.29 is 4.74 Å². The molecule has 2 rings (SSSR count). The van der Waals surface area contributed by atoms with Gasteiger partial charge in [-0.15, -0.1) is 11.3 Å². The maximum atomic E-state index is 6.05. The highest BCUT2D eigenvalue weighted by atomic mass is 79.9. The lowest BCUT2D eigenvalue weighted by atomic mass is 10.0. The average molecular weight is 375 g/mol. The molecule has 0 aliphatic rings. The van der Waals surface area contributed by atoms with Crippen molar-refractivity contribution in [3.8, 4) is 5.75 Å². The minimum atomic E-state index is 0.155. The van der Waals surface area contributed by atoms with Crippen molar-refractivity contribution >= 4 is 38.9 Å². The molecule has 1 aromatic heterocycles. The van der Waals surface area contributed by atoms with E-state index in [0.29, 0.717) is 6.61 Å². The van der Waals surface area contributed by atoms with Gasteiger partial charge in [-0.05, 0) is 48.7 Å². The van der Waals surface area contributed by atoms with Gasteiger partial charge < -0.3 is 10.5 Å².